The lowest BCUT2D eigenvalue weighted by atomic mass is 9.79. The standard InChI is InChI=1S/C21H31ClN2O2/c1-25-19-11-18(22)10-17(20(19)26-2)13-24-9-7-21(15-24)6-3-8-23(14-21)12-16-4-5-16/h10-11,16H,3-9,12-15H2,1-2H3. The zero-order chi connectivity index (χ0) is 18.1. The molecule has 1 atom stereocenters. The maximum Gasteiger partial charge on any atom is 0.165 e. The van der Waals surface area contributed by atoms with Gasteiger partial charge in [0, 0.05) is 42.8 Å². The van der Waals surface area contributed by atoms with Crippen LogP contribution in [0, 0.1) is 11.3 Å². The van der Waals surface area contributed by atoms with Gasteiger partial charge in [0.1, 0.15) is 0 Å². The SMILES string of the molecule is COc1cc(Cl)cc(CN2CCC3(CCCN(CC4CC4)C3)C2)c1OC. The van der Waals surface area contributed by atoms with E-state index in [0.717, 1.165) is 36.1 Å². The number of halogens is 1. The van der Waals surface area contributed by atoms with E-state index in [0.29, 0.717) is 10.4 Å². The fourth-order valence-corrected chi connectivity index (χ4v) is 5.22. The van der Waals surface area contributed by atoms with Crippen molar-refractivity contribution in [1.82, 2.24) is 9.80 Å². The second kappa shape index (κ2) is 7.57. The van der Waals surface area contributed by atoms with E-state index in [2.05, 4.69) is 9.80 Å². The minimum Gasteiger partial charge on any atom is -0.493 e. The molecule has 1 saturated carbocycles. The number of likely N-dealkylation sites (tertiary alicyclic amines) is 2. The van der Waals surface area contributed by atoms with Crippen molar-refractivity contribution in [2.45, 2.75) is 38.6 Å². The average molecular weight is 379 g/mol. The molecule has 4 rings (SSSR count). The Labute approximate surface area is 162 Å². The van der Waals surface area contributed by atoms with Crippen LogP contribution in [0.1, 0.15) is 37.7 Å². The van der Waals surface area contributed by atoms with Crippen molar-refractivity contribution in [2.24, 2.45) is 11.3 Å². The zero-order valence-electron chi connectivity index (χ0n) is 16.1. The molecule has 1 aliphatic carbocycles. The summed E-state index contributed by atoms with van der Waals surface area (Å²) >= 11 is 6.30. The highest BCUT2D eigenvalue weighted by atomic mass is 35.5. The van der Waals surface area contributed by atoms with Crippen LogP contribution in [0.5, 0.6) is 11.5 Å². The third kappa shape index (κ3) is 3.97. The van der Waals surface area contributed by atoms with Crippen LogP contribution in [-0.4, -0.2) is 56.7 Å². The minimum atomic E-state index is 0.489. The molecule has 3 aliphatic rings. The summed E-state index contributed by atoms with van der Waals surface area (Å²) in [5.74, 6) is 2.53. The second-order valence-electron chi connectivity index (χ2n) is 8.54. The van der Waals surface area contributed by atoms with Crippen molar-refractivity contribution in [2.75, 3.05) is 46.9 Å². The van der Waals surface area contributed by atoms with E-state index in [-0.39, 0.29) is 0 Å². The maximum absolute atomic E-state index is 6.30. The molecule has 0 aromatic heterocycles. The summed E-state index contributed by atoms with van der Waals surface area (Å²) < 4.78 is 11.1. The summed E-state index contributed by atoms with van der Waals surface area (Å²) in [6, 6.07) is 3.85. The normalized spacial score (nSPS) is 27.2. The molecule has 1 aromatic carbocycles. The van der Waals surface area contributed by atoms with E-state index in [9.17, 15) is 0 Å². The van der Waals surface area contributed by atoms with Gasteiger partial charge in [-0.25, -0.2) is 0 Å². The van der Waals surface area contributed by atoms with Crippen LogP contribution in [0.3, 0.4) is 0 Å². The molecule has 26 heavy (non-hydrogen) atoms. The fourth-order valence-electron chi connectivity index (χ4n) is 4.99. The lowest BCUT2D eigenvalue weighted by Crippen LogP contribution is -2.45. The summed E-state index contributed by atoms with van der Waals surface area (Å²) in [6.07, 6.45) is 6.95. The van der Waals surface area contributed by atoms with E-state index < -0.39 is 0 Å². The molecule has 4 nitrogen and oxygen atoms in total. The van der Waals surface area contributed by atoms with Crippen LogP contribution >= 0.6 is 11.6 Å². The monoisotopic (exact) mass is 378 g/mol. The van der Waals surface area contributed by atoms with Crippen LogP contribution in [0.2, 0.25) is 5.02 Å². The highest BCUT2D eigenvalue weighted by molar-refractivity contribution is 6.30. The minimum absolute atomic E-state index is 0.489. The Kier molecular flexibility index (Phi) is 5.36. The first-order valence-corrected chi connectivity index (χ1v) is 10.3. The molecule has 1 aromatic rings. The highest BCUT2D eigenvalue weighted by Crippen LogP contribution is 2.42. The number of benzene rings is 1. The molecule has 144 valence electrons. The lowest BCUT2D eigenvalue weighted by Gasteiger charge is -2.40. The first-order chi connectivity index (χ1) is 12.6. The van der Waals surface area contributed by atoms with E-state index in [1.807, 2.05) is 12.1 Å². The van der Waals surface area contributed by atoms with Gasteiger partial charge in [0.2, 0.25) is 0 Å². The Hall–Kier alpha value is -0.970. The number of hydrogen-bond acceptors (Lipinski definition) is 4. The van der Waals surface area contributed by atoms with Gasteiger partial charge in [-0.15, -0.1) is 0 Å². The van der Waals surface area contributed by atoms with Crippen molar-refractivity contribution in [3.63, 3.8) is 0 Å². The molecule has 2 aliphatic heterocycles. The third-order valence-corrected chi connectivity index (χ3v) is 6.60. The molecular formula is C21H31ClN2O2. The number of ether oxygens (including phenoxy) is 2. The summed E-state index contributed by atoms with van der Waals surface area (Å²) in [5, 5.41) is 0.708. The molecular weight excluding hydrogens is 348 g/mol. The van der Waals surface area contributed by atoms with Gasteiger partial charge in [-0.2, -0.15) is 0 Å². The lowest BCUT2D eigenvalue weighted by molar-refractivity contribution is 0.0883. The predicted octanol–water partition coefficient (Wildman–Crippen LogP) is 4.06. The van der Waals surface area contributed by atoms with Crippen molar-refractivity contribution < 1.29 is 9.47 Å². The van der Waals surface area contributed by atoms with Crippen LogP contribution in [0.4, 0.5) is 0 Å². The molecule has 2 heterocycles. The Balaban J connectivity index is 1.43. The van der Waals surface area contributed by atoms with E-state index in [4.69, 9.17) is 21.1 Å². The van der Waals surface area contributed by atoms with Gasteiger partial charge in [-0.05, 0) is 62.6 Å². The largest absolute Gasteiger partial charge is 0.493 e. The number of rotatable bonds is 6. The van der Waals surface area contributed by atoms with Crippen LogP contribution in [0.25, 0.3) is 0 Å². The molecule has 2 saturated heterocycles. The second-order valence-corrected chi connectivity index (χ2v) is 8.98. The Morgan fingerprint density at radius 2 is 1.88 bits per heavy atom. The van der Waals surface area contributed by atoms with Gasteiger partial charge in [-0.3, -0.25) is 4.90 Å². The van der Waals surface area contributed by atoms with Crippen molar-refractivity contribution in [3.8, 4) is 11.5 Å². The summed E-state index contributed by atoms with van der Waals surface area (Å²) in [5.41, 5.74) is 1.61. The summed E-state index contributed by atoms with van der Waals surface area (Å²) in [6.45, 7) is 7.15. The molecule has 1 spiro atoms. The number of nitrogens with zero attached hydrogens (tertiary/aromatic N) is 2. The topological polar surface area (TPSA) is 24.9 Å². The molecule has 0 radical (unpaired) electrons. The number of methoxy groups -OCH3 is 2. The van der Waals surface area contributed by atoms with Crippen molar-refractivity contribution in [1.29, 1.82) is 0 Å². The fraction of sp³-hybridized carbons (Fsp3) is 0.714. The van der Waals surface area contributed by atoms with Gasteiger partial charge >= 0.3 is 0 Å². The smallest absolute Gasteiger partial charge is 0.165 e. The Bertz CT molecular complexity index is 649. The van der Waals surface area contributed by atoms with Crippen LogP contribution in [0.15, 0.2) is 12.1 Å². The Morgan fingerprint density at radius 3 is 2.62 bits per heavy atom. The molecule has 0 amide bonds. The van der Waals surface area contributed by atoms with Crippen molar-refractivity contribution in [3.05, 3.63) is 22.7 Å². The van der Waals surface area contributed by atoms with E-state index >= 15 is 0 Å². The zero-order valence-corrected chi connectivity index (χ0v) is 16.9. The van der Waals surface area contributed by atoms with Crippen LogP contribution < -0.4 is 9.47 Å². The van der Waals surface area contributed by atoms with E-state index in [1.165, 1.54) is 58.3 Å². The molecule has 0 bridgehead atoms. The maximum atomic E-state index is 6.30. The quantitative estimate of drug-likeness (QED) is 0.745. The van der Waals surface area contributed by atoms with Crippen molar-refractivity contribution >= 4 is 11.6 Å². The summed E-state index contributed by atoms with van der Waals surface area (Å²) in [4.78, 5) is 5.32. The van der Waals surface area contributed by atoms with Gasteiger partial charge in [0.15, 0.2) is 11.5 Å². The summed E-state index contributed by atoms with van der Waals surface area (Å²) in [7, 11) is 3.37. The molecule has 1 unspecified atom stereocenters. The Morgan fingerprint density at radius 1 is 1.08 bits per heavy atom. The molecule has 3 fully saturated rings. The van der Waals surface area contributed by atoms with E-state index in [1.54, 1.807) is 14.2 Å². The average Bonchev–Trinajstić information content (AvgIpc) is 3.36. The highest BCUT2D eigenvalue weighted by Gasteiger charge is 2.42. The van der Waals surface area contributed by atoms with Crippen LogP contribution in [-0.2, 0) is 6.54 Å². The molecule has 0 N–H and O–H groups in total. The van der Waals surface area contributed by atoms with Gasteiger partial charge < -0.3 is 14.4 Å². The van der Waals surface area contributed by atoms with Gasteiger partial charge in [-0.1, -0.05) is 11.6 Å². The number of piperidine rings is 1. The predicted molar refractivity (Wildman–Crippen MR) is 105 cm³/mol. The van der Waals surface area contributed by atoms with Gasteiger partial charge in [0.05, 0.1) is 14.2 Å². The first kappa shape index (κ1) is 18.4. The number of hydrogen-bond donors (Lipinski definition) is 0. The molecule has 5 heteroatoms. The third-order valence-electron chi connectivity index (χ3n) is 6.39. The van der Waals surface area contributed by atoms with Gasteiger partial charge in [0.25, 0.3) is 0 Å². The first-order valence-electron chi connectivity index (χ1n) is 9.96.